The van der Waals surface area contributed by atoms with Crippen molar-refractivity contribution < 1.29 is 62.1 Å². The van der Waals surface area contributed by atoms with Gasteiger partial charge in [0, 0.05) is 53.0 Å². The molecule has 0 heterocycles. The number of allylic oxidation sites excluding steroid dienone is 2. The van der Waals surface area contributed by atoms with E-state index in [1.807, 2.05) is 0 Å². The SMILES string of the molecule is CCCCC/C=C\CCC(CCCCCCCC(=O)NCCC[N+](C)(C)C)C(CCCCCCCC)CCCCCCCCC(=O)NCCC[N+](C)(C)C.COC(=O)OC.COC(=O)[O-].COC(=O)[O-]. The summed E-state index contributed by atoms with van der Waals surface area (Å²) in [5, 5.41) is 24.3. The summed E-state index contributed by atoms with van der Waals surface area (Å²) in [4.78, 5) is 52.4. The van der Waals surface area contributed by atoms with Crippen LogP contribution in [0.5, 0.6) is 0 Å². The van der Waals surface area contributed by atoms with Crippen molar-refractivity contribution in [3.63, 3.8) is 0 Å². The Morgan fingerprint density at radius 2 is 0.743 bits per heavy atom. The van der Waals surface area contributed by atoms with Gasteiger partial charge >= 0.3 is 6.16 Å². The van der Waals surface area contributed by atoms with E-state index in [-0.39, 0.29) is 11.8 Å². The topological polar surface area (TPSA) is 192 Å². The van der Waals surface area contributed by atoms with Crippen LogP contribution in [0.2, 0.25) is 0 Å². The first kappa shape index (κ1) is 72.9. The van der Waals surface area contributed by atoms with Crippen molar-refractivity contribution in [2.75, 3.05) is 96.9 Å². The fourth-order valence-electron chi connectivity index (χ4n) is 7.92. The van der Waals surface area contributed by atoms with Gasteiger partial charge in [-0.3, -0.25) is 9.59 Å². The lowest BCUT2D eigenvalue weighted by Crippen LogP contribution is -2.37. The molecule has 0 bridgehead atoms. The highest BCUT2D eigenvalue weighted by molar-refractivity contribution is 5.76. The minimum absolute atomic E-state index is 0.236. The van der Waals surface area contributed by atoms with Crippen molar-refractivity contribution in [2.24, 2.45) is 11.8 Å². The van der Waals surface area contributed by atoms with Crippen molar-refractivity contribution in [3.8, 4) is 0 Å². The van der Waals surface area contributed by atoms with Gasteiger partial charge in [0.25, 0.3) is 12.3 Å². The van der Waals surface area contributed by atoms with Gasteiger partial charge in [-0.05, 0) is 50.4 Å². The summed E-state index contributed by atoms with van der Waals surface area (Å²) in [7, 11) is 17.8. The highest BCUT2D eigenvalue weighted by Gasteiger charge is 2.20. The molecular weight excluding hydrogens is 893 g/mol. The molecule has 0 rings (SSSR count). The van der Waals surface area contributed by atoms with E-state index in [0.717, 1.165) is 86.9 Å². The lowest BCUT2D eigenvalue weighted by atomic mass is 9.78. The third kappa shape index (κ3) is 66.5. The second-order valence-electron chi connectivity index (χ2n) is 20.6. The van der Waals surface area contributed by atoms with Crippen LogP contribution < -0.4 is 20.8 Å². The minimum atomic E-state index is -1.50. The molecule has 0 fully saturated rings. The second-order valence-corrected chi connectivity index (χ2v) is 20.6. The summed E-state index contributed by atoms with van der Waals surface area (Å²) < 4.78 is 17.1. The quantitative estimate of drug-likeness (QED) is 0.0195. The Kier molecular flexibility index (Phi) is 55.5. The largest absolute Gasteiger partial charge is 0.553 e. The Morgan fingerprint density at radius 3 is 1.07 bits per heavy atom. The smallest absolute Gasteiger partial charge is 0.507 e. The zero-order chi connectivity index (χ0) is 53.7. The van der Waals surface area contributed by atoms with E-state index < -0.39 is 18.5 Å². The zero-order valence-electron chi connectivity index (χ0n) is 47.2. The van der Waals surface area contributed by atoms with Gasteiger partial charge in [0.05, 0.1) is 69.6 Å². The first-order valence-electron chi connectivity index (χ1n) is 27.1. The normalized spacial score (nSPS) is 11.9. The maximum absolute atomic E-state index is 12.3. The number of nitrogens with zero attached hydrogens (tertiary/aromatic N) is 2. The molecule has 0 radical (unpaired) electrons. The van der Waals surface area contributed by atoms with E-state index in [1.165, 1.54) is 168 Å². The first-order valence-corrected chi connectivity index (χ1v) is 27.1. The molecule has 0 aliphatic heterocycles. The van der Waals surface area contributed by atoms with Gasteiger partial charge < -0.3 is 58.3 Å². The Bertz CT molecular complexity index is 1220. The van der Waals surface area contributed by atoms with Crippen LogP contribution in [0.1, 0.15) is 206 Å². The summed E-state index contributed by atoms with van der Waals surface area (Å²) in [5.41, 5.74) is 0. The van der Waals surface area contributed by atoms with Gasteiger partial charge in [-0.15, -0.1) is 0 Å². The van der Waals surface area contributed by atoms with Crippen molar-refractivity contribution in [1.82, 2.24) is 10.6 Å². The van der Waals surface area contributed by atoms with Crippen molar-refractivity contribution in [1.29, 1.82) is 0 Å². The number of unbranched alkanes of at least 4 members (excludes halogenated alkanes) is 17. The number of hydrogen-bond donors (Lipinski definition) is 2. The standard InChI is InChI=1S/C48H96N4O2.C3H6O3.2C2H4O3/c1-9-11-13-15-17-22-28-36-46(38-30-24-20-26-32-40-48(54)50-42-34-44-52(6,7)8)45(35-27-21-16-14-12-10-2)37-29-23-18-19-25-31-39-47(53)49-41-33-43-51(3,4)5;1-5-3(4)6-2;2*1-5-2(3)4/h17,22,45-46H,9-16,18-21,23-44H2,1-8H3;1-2H3;2*1H3,(H,3,4)/b22-17-;;;. The lowest BCUT2D eigenvalue weighted by Gasteiger charge is -2.28. The Hall–Kier alpha value is -3.59. The summed E-state index contributed by atoms with van der Waals surface area (Å²) >= 11 is 0. The van der Waals surface area contributed by atoms with Gasteiger partial charge in [0.2, 0.25) is 11.8 Å². The fourth-order valence-corrected chi connectivity index (χ4v) is 7.92. The maximum Gasteiger partial charge on any atom is 0.507 e. The number of carboxylic acid groups (broad SMARTS) is 2. The van der Waals surface area contributed by atoms with Gasteiger partial charge in [-0.2, -0.15) is 0 Å². The number of carbonyl (C=O) groups is 5. The molecule has 0 aliphatic rings. The van der Waals surface area contributed by atoms with Gasteiger partial charge in [-0.25, -0.2) is 4.79 Å². The summed E-state index contributed by atoms with van der Waals surface area (Å²) in [6, 6.07) is 0. The predicted octanol–water partition coefficient (Wildman–Crippen LogP) is 10.5. The molecule has 0 saturated carbocycles. The molecule has 15 heteroatoms. The van der Waals surface area contributed by atoms with Gasteiger partial charge in [-0.1, -0.05) is 154 Å². The third-order valence-corrected chi connectivity index (χ3v) is 12.0. The molecule has 0 aliphatic carbocycles. The van der Waals surface area contributed by atoms with Crippen LogP contribution >= 0.6 is 0 Å². The van der Waals surface area contributed by atoms with E-state index in [2.05, 4.69) is 97.9 Å². The van der Waals surface area contributed by atoms with Crippen molar-refractivity contribution in [3.05, 3.63) is 12.2 Å². The van der Waals surface area contributed by atoms with Crippen LogP contribution in [0.15, 0.2) is 12.2 Å². The molecule has 2 N–H and O–H groups in total. The monoisotopic (exact) mass is 1000 g/mol. The number of hydrogen-bond acceptors (Lipinski definition) is 11. The molecule has 0 saturated heterocycles. The third-order valence-electron chi connectivity index (χ3n) is 12.0. The average Bonchev–Trinajstić information content (AvgIpc) is 3.31. The summed E-state index contributed by atoms with van der Waals surface area (Å²) in [6.07, 6.45) is 38.8. The molecule has 2 unspecified atom stereocenters. The first-order chi connectivity index (χ1) is 33.2. The van der Waals surface area contributed by atoms with Crippen LogP contribution in [0.25, 0.3) is 0 Å². The van der Waals surface area contributed by atoms with E-state index in [4.69, 9.17) is 19.8 Å². The molecular formula is C55H110N4O11. The van der Waals surface area contributed by atoms with E-state index in [0.29, 0.717) is 12.8 Å². The molecule has 416 valence electrons. The Balaban J connectivity index is -0.00000116. The molecule has 0 aromatic heterocycles. The van der Waals surface area contributed by atoms with Crippen LogP contribution in [-0.2, 0) is 28.5 Å². The van der Waals surface area contributed by atoms with Gasteiger partial charge in [0.1, 0.15) is 0 Å². The number of amides is 2. The minimum Gasteiger partial charge on any atom is -0.553 e. The molecule has 70 heavy (non-hydrogen) atoms. The fraction of sp³-hybridized carbons (Fsp3) is 0.873. The number of quaternary nitrogens is 2. The van der Waals surface area contributed by atoms with Crippen LogP contribution in [0.3, 0.4) is 0 Å². The van der Waals surface area contributed by atoms with Gasteiger partial charge in [0.15, 0.2) is 0 Å². The van der Waals surface area contributed by atoms with Crippen LogP contribution in [-0.4, -0.2) is 136 Å². The van der Waals surface area contributed by atoms with Crippen LogP contribution in [0, 0.1) is 11.8 Å². The lowest BCUT2D eigenvalue weighted by molar-refractivity contribution is -0.870. The number of methoxy groups -OCH3 is 4. The number of ether oxygens (including phenoxy) is 4. The van der Waals surface area contributed by atoms with Crippen molar-refractivity contribution >= 4 is 30.3 Å². The zero-order valence-corrected chi connectivity index (χ0v) is 47.2. The Labute approximate surface area is 429 Å². The Morgan fingerprint density at radius 1 is 0.429 bits per heavy atom. The summed E-state index contributed by atoms with van der Waals surface area (Å²) in [6.45, 7) is 8.41. The molecule has 0 spiro atoms. The molecule has 2 amide bonds. The highest BCUT2D eigenvalue weighted by Crippen LogP contribution is 2.33. The van der Waals surface area contributed by atoms with E-state index in [9.17, 15) is 14.4 Å². The maximum atomic E-state index is 12.3. The average molecular weight is 1000 g/mol. The predicted molar refractivity (Wildman–Crippen MR) is 282 cm³/mol. The molecule has 0 aromatic carbocycles. The summed E-state index contributed by atoms with van der Waals surface area (Å²) in [5.74, 6) is 2.19. The number of nitrogens with one attached hydrogen (secondary N) is 2. The highest BCUT2D eigenvalue weighted by atomic mass is 16.7. The number of rotatable bonds is 40. The molecule has 15 nitrogen and oxygen atoms in total. The molecule has 0 aromatic rings. The molecule has 2 atom stereocenters. The van der Waals surface area contributed by atoms with E-state index >= 15 is 0 Å². The number of carbonyl (C=O) groups excluding carboxylic acids is 5. The van der Waals surface area contributed by atoms with Crippen LogP contribution in [0.4, 0.5) is 14.4 Å². The van der Waals surface area contributed by atoms with E-state index in [1.54, 1.807) is 0 Å². The second kappa shape index (κ2) is 53.2. The van der Waals surface area contributed by atoms with Crippen molar-refractivity contribution in [2.45, 2.75) is 206 Å².